The minimum Gasteiger partial charge on any atom is -0.492 e. The topological polar surface area (TPSA) is 25.4 Å². The second-order valence-electron chi connectivity index (χ2n) is 5.51. The Morgan fingerprint density at radius 2 is 2.09 bits per heavy atom. The highest BCUT2D eigenvalue weighted by Gasteiger charge is 2.22. The molecule has 1 aromatic carbocycles. The van der Waals surface area contributed by atoms with Gasteiger partial charge in [-0.15, -0.1) is 0 Å². The highest BCUT2D eigenvalue weighted by Crippen LogP contribution is 2.26. The van der Waals surface area contributed by atoms with Crippen LogP contribution in [0.2, 0.25) is 5.02 Å². The molecule has 0 bridgehead atoms. The molecule has 1 unspecified atom stereocenters. The average molecular weight is 321 g/mol. The first-order valence-corrected chi connectivity index (χ1v) is 7.85. The molecule has 5 heteroatoms. The van der Waals surface area contributed by atoms with Gasteiger partial charge in [0.2, 0.25) is 5.95 Å². The van der Waals surface area contributed by atoms with Gasteiger partial charge in [0.15, 0.2) is 0 Å². The van der Waals surface area contributed by atoms with Gasteiger partial charge in [0.1, 0.15) is 11.6 Å². The fourth-order valence-electron chi connectivity index (χ4n) is 2.75. The zero-order chi connectivity index (χ0) is 15.4. The number of hydrogen-bond donors (Lipinski definition) is 0. The van der Waals surface area contributed by atoms with Crippen molar-refractivity contribution in [3.05, 3.63) is 53.4 Å². The van der Waals surface area contributed by atoms with Crippen LogP contribution in [0.4, 0.5) is 10.2 Å². The van der Waals surface area contributed by atoms with E-state index < -0.39 is 5.95 Å². The molecule has 2 heterocycles. The first-order valence-electron chi connectivity index (χ1n) is 7.47. The fraction of sp³-hybridized carbons (Fsp3) is 0.353. The lowest BCUT2D eigenvalue weighted by atomic mass is 9.99. The van der Waals surface area contributed by atoms with Gasteiger partial charge in [-0.3, -0.25) is 0 Å². The van der Waals surface area contributed by atoms with Gasteiger partial charge in [-0.1, -0.05) is 29.8 Å². The third kappa shape index (κ3) is 3.69. The van der Waals surface area contributed by atoms with Crippen LogP contribution in [0.15, 0.2) is 42.5 Å². The van der Waals surface area contributed by atoms with E-state index >= 15 is 0 Å². The zero-order valence-corrected chi connectivity index (χ0v) is 13.0. The Hall–Kier alpha value is -1.81. The van der Waals surface area contributed by atoms with E-state index in [0.29, 0.717) is 29.1 Å². The SMILES string of the molecule is Fc1cccc(N2CCCC(COc3ccccc3Cl)C2)n1. The predicted molar refractivity (Wildman–Crippen MR) is 86.1 cm³/mol. The molecule has 0 aliphatic carbocycles. The molecule has 1 saturated heterocycles. The molecular weight excluding hydrogens is 303 g/mol. The van der Waals surface area contributed by atoms with E-state index in [9.17, 15) is 4.39 Å². The van der Waals surface area contributed by atoms with E-state index in [0.717, 1.165) is 25.9 Å². The number of aromatic nitrogens is 1. The van der Waals surface area contributed by atoms with E-state index in [1.165, 1.54) is 6.07 Å². The van der Waals surface area contributed by atoms with Crippen LogP contribution < -0.4 is 9.64 Å². The third-order valence-electron chi connectivity index (χ3n) is 3.85. The number of rotatable bonds is 4. The van der Waals surface area contributed by atoms with Crippen LogP contribution in [-0.4, -0.2) is 24.7 Å². The Labute approximate surface area is 134 Å². The second-order valence-corrected chi connectivity index (χ2v) is 5.92. The summed E-state index contributed by atoms with van der Waals surface area (Å²) in [6.45, 7) is 2.33. The van der Waals surface area contributed by atoms with Crippen molar-refractivity contribution >= 4 is 17.4 Å². The number of piperidine rings is 1. The van der Waals surface area contributed by atoms with E-state index in [1.54, 1.807) is 6.07 Å². The molecule has 0 saturated carbocycles. The maximum Gasteiger partial charge on any atom is 0.214 e. The molecule has 0 N–H and O–H groups in total. The van der Waals surface area contributed by atoms with Gasteiger partial charge < -0.3 is 9.64 Å². The third-order valence-corrected chi connectivity index (χ3v) is 4.17. The number of hydrogen-bond acceptors (Lipinski definition) is 3. The van der Waals surface area contributed by atoms with Crippen molar-refractivity contribution < 1.29 is 9.13 Å². The molecule has 0 amide bonds. The Morgan fingerprint density at radius 3 is 2.91 bits per heavy atom. The van der Waals surface area contributed by atoms with Crippen LogP contribution in [0.25, 0.3) is 0 Å². The second kappa shape index (κ2) is 6.97. The Balaban J connectivity index is 1.60. The highest BCUT2D eigenvalue weighted by molar-refractivity contribution is 6.32. The normalized spacial score (nSPS) is 18.3. The van der Waals surface area contributed by atoms with Gasteiger partial charge in [-0.05, 0) is 37.1 Å². The van der Waals surface area contributed by atoms with Crippen LogP contribution in [0.3, 0.4) is 0 Å². The van der Waals surface area contributed by atoms with Crippen LogP contribution in [0, 0.1) is 11.9 Å². The maximum absolute atomic E-state index is 13.3. The fourth-order valence-corrected chi connectivity index (χ4v) is 2.94. The molecule has 1 aliphatic rings. The van der Waals surface area contributed by atoms with Crippen LogP contribution in [0.1, 0.15) is 12.8 Å². The van der Waals surface area contributed by atoms with Gasteiger partial charge in [0.25, 0.3) is 0 Å². The quantitative estimate of drug-likeness (QED) is 0.791. The lowest BCUT2D eigenvalue weighted by Gasteiger charge is -2.33. The number of halogens is 2. The van der Waals surface area contributed by atoms with E-state index in [1.807, 2.05) is 30.3 Å². The van der Waals surface area contributed by atoms with E-state index in [2.05, 4.69) is 9.88 Å². The van der Waals surface area contributed by atoms with E-state index in [4.69, 9.17) is 16.3 Å². The van der Waals surface area contributed by atoms with Crippen molar-refractivity contribution in [1.29, 1.82) is 0 Å². The van der Waals surface area contributed by atoms with Gasteiger partial charge in [-0.25, -0.2) is 4.98 Å². The van der Waals surface area contributed by atoms with Crippen molar-refractivity contribution in [2.75, 3.05) is 24.6 Å². The molecule has 2 aromatic rings. The number of para-hydroxylation sites is 1. The van der Waals surface area contributed by atoms with Crippen molar-refractivity contribution in [2.45, 2.75) is 12.8 Å². The van der Waals surface area contributed by atoms with Crippen LogP contribution in [0.5, 0.6) is 5.75 Å². The first-order chi connectivity index (χ1) is 10.7. The molecule has 3 nitrogen and oxygen atoms in total. The average Bonchev–Trinajstić information content (AvgIpc) is 2.54. The number of pyridine rings is 1. The van der Waals surface area contributed by atoms with Gasteiger partial charge in [-0.2, -0.15) is 4.39 Å². The number of nitrogens with zero attached hydrogens (tertiary/aromatic N) is 2. The summed E-state index contributed by atoms with van der Waals surface area (Å²) in [6, 6.07) is 12.4. The standard InChI is InChI=1S/C17H18ClFN2O/c18-14-6-1-2-7-15(14)22-12-13-5-4-10-21(11-13)17-9-3-8-16(19)20-17/h1-3,6-9,13H,4-5,10-12H2. The Morgan fingerprint density at radius 1 is 1.23 bits per heavy atom. The maximum atomic E-state index is 13.3. The minimum atomic E-state index is -0.438. The lowest BCUT2D eigenvalue weighted by molar-refractivity contribution is 0.228. The summed E-state index contributed by atoms with van der Waals surface area (Å²) in [5, 5.41) is 0.627. The Bertz CT molecular complexity index is 638. The summed E-state index contributed by atoms with van der Waals surface area (Å²) in [5.74, 6) is 1.36. The summed E-state index contributed by atoms with van der Waals surface area (Å²) in [7, 11) is 0. The summed E-state index contributed by atoms with van der Waals surface area (Å²) >= 11 is 6.10. The Kier molecular flexibility index (Phi) is 4.78. The van der Waals surface area contributed by atoms with Gasteiger partial charge >= 0.3 is 0 Å². The lowest BCUT2D eigenvalue weighted by Crippen LogP contribution is -2.38. The summed E-state index contributed by atoms with van der Waals surface area (Å²) < 4.78 is 19.1. The van der Waals surface area contributed by atoms with Crippen molar-refractivity contribution in [2.24, 2.45) is 5.92 Å². The summed E-state index contributed by atoms with van der Waals surface area (Å²) in [6.07, 6.45) is 2.14. The molecule has 22 heavy (non-hydrogen) atoms. The number of benzene rings is 1. The van der Waals surface area contributed by atoms with Gasteiger partial charge in [0, 0.05) is 19.0 Å². The monoisotopic (exact) mass is 320 g/mol. The number of anilines is 1. The largest absolute Gasteiger partial charge is 0.492 e. The summed E-state index contributed by atoms with van der Waals surface area (Å²) in [4.78, 5) is 6.08. The minimum absolute atomic E-state index is 0.384. The van der Waals surface area contributed by atoms with E-state index in [-0.39, 0.29) is 0 Å². The molecule has 0 radical (unpaired) electrons. The molecule has 116 valence electrons. The van der Waals surface area contributed by atoms with Crippen molar-refractivity contribution in [1.82, 2.24) is 4.98 Å². The molecule has 3 rings (SSSR count). The predicted octanol–water partition coefficient (Wildman–Crippen LogP) is 4.17. The van der Waals surface area contributed by atoms with Crippen molar-refractivity contribution in [3.8, 4) is 5.75 Å². The zero-order valence-electron chi connectivity index (χ0n) is 12.2. The van der Waals surface area contributed by atoms with Crippen LogP contribution in [-0.2, 0) is 0 Å². The highest BCUT2D eigenvalue weighted by atomic mass is 35.5. The number of ether oxygens (including phenoxy) is 1. The van der Waals surface area contributed by atoms with Gasteiger partial charge in [0.05, 0.1) is 11.6 Å². The molecular formula is C17H18ClFN2O. The molecule has 1 aliphatic heterocycles. The van der Waals surface area contributed by atoms with Crippen molar-refractivity contribution in [3.63, 3.8) is 0 Å². The molecule has 0 spiro atoms. The first kappa shape index (κ1) is 15.1. The molecule has 1 aromatic heterocycles. The summed E-state index contributed by atoms with van der Waals surface area (Å²) in [5.41, 5.74) is 0. The molecule has 1 fully saturated rings. The van der Waals surface area contributed by atoms with Crippen LogP contribution >= 0.6 is 11.6 Å². The molecule has 1 atom stereocenters. The smallest absolute Gasteiger partial charge is 0.214 e.